The van der Waals surface area contributed by atoms with Gasteiger partial charge in [0.25, 0.3) is 5.91 Å². The molecule has 0 atom stereocenters. The summed E-state index contributed by atoms with van der Waals surface area (Å²) in [6, 6.07) is 13.1. The standard InChI is InChI=1S/C16H15N3OS/c1-2-10-5-3-4-6-12(10)15(20)19-16-18-13-8-7-11(17)9-14(13)21-16/h3-9H,2,17H2,1H3,(H,18,19,20). The number of nitrogens with one attached hydrogen (secondary N) is 1. The van der Waals surface area contributed by atoms with E-state index in [1.807, 2.05) is 43.3 Å². The van der Waals surface area contributed by atoms with Gasteiger partial charge in [-0.2, -0.15) is 0 Å². The molecule has 0 unspecified atom stereocenters. The number of anilines is 2. The summed E-state index contributed by atoms with van der Waals surface area (Å²) in [6.07, 6.45) is 0.819. The predicted octanol–water partition coefficient (Wildman–Crippen LogP) is 3.69. The number of rotatable bonds is 3. The number of amides is 1. The Morgan fingerprint density at radius 2 is 2.10 bits per heavy atom. The molecule has 0 saturated heterocycles. The summed E-state index contributed by atoms with van der Waals surface area (Å²) in [7, 11) is 0. The second-order valence-corrected chi connectivity index (χ2v) is 5.74. The monoisotopic (exact) mass is 297 g/mol. The SMILES string of the molecule is CCc1ccccc1C(=O)Nc1nc2ccc(N)cc2s1. The molecule has 2 aromatic carbocycles. The van der Waals surface area contributed by atoms with Crippen molar-refractivity contribution in [2.75, 3.05) is 11.1 Å². The number of aromatic nitrogens is 1. The Balaban J connectivity index is 1.89. The molecule has 0 aliphatic carbocycles. The molecule has 0 radical (unpaired) electrons. The number of carbonyl (C=O) groups excluding carboxylic acids is 1. The van der Waals surface area contributed by atoms with E-state index in [9.17, 15) is 4.79 Å². The summed E-state index contributed by atoms with van der Waals surface area (Å²) in [6.45, 7) is 2.03. The average molecular weight is 297 g/mol. The normalized spacial score (nSPS) is 10.7. The summed E-state index contributed by atoms with van der Waals surface area (Å²) in [4.78, 5) is 16.8. The number of fused-ring (bicyclic) bond motifs is 1. The van der Waals surface area contributed by atoms with Crippen LogP contribution in [-0.2, 0) is 6.42 Å². The van der Waals surface area contributed by atoms with Crippen molar-refractivity contribution >= 4 is 38.3 Å². The zero-order valence-corrected chi connectivity index (χ0v) is 12.4. The highest BCUT2D eigenvalue weighted by Gasteiger charge is 2.12. The van der Waals surface area contributed by atoms with Gasteiger partial charge in [-0.05, 0) is 36.2 Å². The molecule has 0 saturated carbocycles. The number of nitrogens with two attached hydrogens (primary N) is 1. The fourth-order valence-electron chi connectivity index (χ4n) is 2.21. The Morgan fingerprint density at radius 3 is 2.90 bits per heavy atom. The molecule has 3 aromatic rings. The van der Waals surface area contributed by atoms with E-state index in [1.165, 1.54) is 11.3 Å². The molecule has 5 heteroatoms. The molecule has 1 amide bonds. The Kier molecular flexibility index (Phi) is 3.58. The van der Waals surface area contributed by atoms with Gasteiger partial charge in [0.15, 0.2) is 5.13 Å². The van der Waals surface area contributed by atoms with Crippen LogP contribution in [0, 0.1) is 0 Å². The lowest BCUT2D eigenvalue weighted by atomic mass is 10.1. The van der Waals surface area contributed by atoms with Crippen LogP contribution in [0.1, 0.15) is 22.8 Å². The molecule has 0 fully saturated rings. The van der Waals surface area contributed by atoms with Gasteiger partial charge in [-0.15, -0.1) is 0 Å². The van der Waals surface area contributed by atoms with Gasteiger partial charge < -0.3 is 5.73 Å². The highest BCUT2D eigenvalue weighted by Crippen LogP contribution is 2.28. The van der Waals surface area contributed by atoms with Crippen molar-refractivity contribution < 1.29 is 4.79 Å². The predicted molar refractivity (Wildman–Crippen MR) is 87.8 cm³/mol. The van der Waals surface area contributed by atoms with Crippen LogP contribution in [0.5, 0.6) is 0 Å². The van der Waals surface area contributed by atoms with Crippen molar-refractivity contribution in [3.63, 3.8) is 0 Å². The summed E-state index contributed by atoms with van der Waals surface area (Å²) in [5.41, 5.74) is 9.01. The zero-order chi connectivity index (χ0) is 14.8. The number of benzene rings is 2. The van der Waals surface area contributed by atoms with Crippen LogP contribution in [0.3, 0.4) is 0 Å². The van der Waals surface area contributed by atoms with Crippen LogP contribution in [0.4, 0.5) is 10.8 Å². The highest BCUT2D eigenvalue weighted by molar-refractivity contribution is 7.22. The van der Waals surface area contributed by atoms with E-state index in [2.05, 4.69) is 10.3 Å². The van der Waals surface area contributed by atoms with E-state index in [4.69, 9.17) is 5.73 Å². The maximum absolute atomic E-state index is 12.4. The fourth-order valence-corrected chi connectivity index (χ4v) is 3.12. The van der Waals surface area contributed by atoms with Gasteiger partial charge in [0.05, 0.1) is 10.2 Å². The summed E-state index contributed by atoms with van der Waals surface area (Å²) in [5.74, 6) is -0.125. The Morgan fingerprint density at radius 1 is 1.29 bits per heavy atom. The van der Waals surface area contributed by atoms with E-state index in [0.29, 0.717) is 16.4 Å². The first-order valence-corrected chi connectivity index (χ1v) is 7.54. The lowest BCUT2D eigenvalue weighted by Gasteiger charge is -2.06. The van der Waals surface area contributed by atoms with Crippen LogP contribution in [0.15, 0.2) is 42.5 Å². The Labute approximate surface area is 126 Å². The topological polar surface area (TPSA) is 68.0 Å². The van der Waals surface area contributed by atoms with Crippen molar-refractivity contribution in [3.8, 4) is 0 Å². The van der Waals surface area contributed by atoms with Crippen LogP contribution in [-0.4, -0.2) is 10.9 Å². The summed E-state index contributed by atoms with van der Waals surface area (Å²) >= 11 is 1.42. The first-order valence-electron chi connectivity index (χ1n) is 6.72. The summed E-state index contributed by atoms with van der Waals surface area (Å²) < 4.78 is 0.967. The van der Waals surface area contributed by atoms with E-state index < -0.39 is 0 Å². The molecule has 1 aromatic heterocycles. The van der Waals surface area contributed by atoms with Gasteiger partial charge in [0.1, 0.15) is 0 Å². The second kappa shape index (κ2) is 5.54. The van der Waals surface area contributed by atoms with Gasteiger partial charge in [0.2, 0.25) is 0 Å². The second-order valence-electron chi connectivity index (χ2n) is 4.71. The number of nitrogens with zero attached hydrogens (tertiary/aromatic N) is 1. The lowest BCUT2D eigenvalue weighted by Crippen LogP contribution is -2.13. The fraction of sp³-hybridized carbons (Fsp3) is 0.125. The molecule has 21 heavy (non-hydrogen) atoms. The first kappa shape index (κ1) is 13.6. The minimum absolute atomic E-state index is 0.125. The average Bonchev–Trinajstić information content (AvgIpc) is 2.88. The number of hydrogen-bond acceptors (Lipinski definition) is 4. The molecule has 3 rings (SSSR count). The van der Waals surface area contributed by atoms with E-state index in [-0.39, 0.29) is 5.91 Å². The number of hydrogen-bond donors (Lipinski definition) is 2. The smallest absolute Gasteiger partial charge is 0.257 e. The third-order valence-corrected chi connectivity index (χ3v) is 4.21. The van der Waals surface area contributed by atoms with Crippen molar-refractivity contribution in [1.82, 2.24) is 4.98 Å². The van der Waals surface area contributed by atoms with E-state index in [0.717, 1.165) is 22.2 Å². The molecule has 3 N–H and O–H groups in total. The zero-order valence-electron chi connectivity index (χ0n) is 11.6. The minimum atomic E-state index is -0.125. The van der Waals surface area contributed by atoms with Crippen molar-refractivity contribution in [3.05, 3.63) is 53.6 Å². The number of carbonyl (C=O) groups is 1. The maximum atomic E-state index is 12.4. The molecular formula is C16H15N3OS. The highest BCUT2D eigenvalue weighted by atomic mass is 32.1. The minimum Gasteiger partial charge on any atom is -0.399 e. The van der Waals surface area contributed by atoms with E-state index >= 15 is 0 Å². The van der Waals surface area contributed by atoms with Crippen LogP contribution >= 0.6 is 11.3 Å². The Hall–Kier alpha value is -2.40. The van der Waals surface area contributed by atoms with Gasteiger partial charge in [-0.3, -0.25) is 10.1 Å². The molecule has 0 spiro atoms. The van der Waals surface area contributed by atoms with Gasteiger partial charge >= 0.3 is 0 Å². The number of nitrogen functional groups attached to an aromatic ring is 1. The maximum Gasteiger partial charge on any atom is 0.257 e. The lowest BCUT2D eigenvalue weighted by molar-refractivity contribution is 0.102. The molecular weight excluding hydrogens is 282 g/mol. The third-order valence-electron chi connectivity index (χ3n) is 3.28. The number of thiazole rings is 1. The molecule has 0 bridgehead atoms. The largest absolute Gasteiger partial charge is 0.399 e. The van der Waals surface area contributed by atoms with Gasteiger partial charge in [-0.1, -0.05) is 36.5 Å². The van der Waals surface area contributed by atoms with Crippen LogP contribution in [0.25, 0.3) is 10.2 Å². The molecule has 1 heterocycles. The van der Waals surface area contributed by atoms with E-state index in [1.54, 1.807) is 6.07 Å². The number of aryl methyl sites for hydroxylation is 1. The summed E-state index contributed by atoms with van der Waals surface area (Å²) in [5, 5.41) is 3.46. The van der Waals surface area contributed by atoms with Gasteiger partial charge in [0, 0.05) is 11.3 Å². The van der Waals surface area contributed by atoms with Crippen molar-refractivity contribution in [2.24, 2.45) is 0 Å². The molecule has 0 aliphatic rings. The third kappa shape index (κ3) is 2.73. The van der Waals surface area contributed by atoms with Crippen LogP contribution in [0.2, 0.25) is 0 Å². The molecule has 0 aliphatic heterocycles. The van der Waals surface area contributed by atoms with Crippen molar-refractivity contribution in [1.29, 1.82) is 0 Å². The first-order chi connectivity index (χ1) is 10.2. The molecule has 106 valence electrons. The van der Waals surface area contributed by atoms with Crippen LogP contribution < -0.4 is 11.1 Å². The Bertz CT molecular complexity index is 810. The van der Waals surface area contributed by atoms with Gasteiger partial charge in [-0.25, -0.2) is 4.98 Å². The quantitative estimate of drug-likeness (QED) is 0.724. The molecule has 4 nitrogen and oxygen atoms in total. The van der Waals surface area contributed by atoms with Crippen molar-refractivity contribution in [2.45, 2.75) is 13.3 Å².